The Balaban J connectivity index is 2.71. The summed E-state index contributed by atoms with van der Waals surface area (Å²) in [5, 5.41) is 11.2. The summed E-state index contributed by atoms with van der Waals surface area (Å²) in [6.07, 6.45) is 1.51. The highest BCUT2D eigenvalue weighted by atomic mass is 16.3. The van der Waals surface area contributed by atoms with Gasteiger partial charge in [0, 0.05) is 6.92 Å². The number of anilines is 1. The first-order valence-electron chi connectivity index (χ1n) is 3.56. The number of nitrogens with zero attached hydrogens (tertiary/aromatic N) is 1. The number of amides is 1. The molecule has 4 nitrogen and oxygen atoms in total. The van der Waals surface area contributed by atoms with Gasteiger partial charge in [-0.25, -0.2) is 0 Å². The van der Waals surface area contributed by atoms with Crippen molar-refractivity contribution in [3.63, 3.8) is 0 Å². The Labute approximate surface area is 70.3 Å². The van der Waals surface area contributed by atoms with Crippen molar-refractivity contribution in [2.45, 2.75) is 13.5 Å². The minimum Gasteiger partial charge on any atom is -0.390 e. The summed E-state index contributed by atoms with van der Waals surface area (Å²) in [6.45, 7) is 1.35. The van der Waals surface area contributed by atoms with Crippen molar-refractivity contribution in [2.75, 3.05) is 5.32 Å². The molecule has 0 fully saturated rings. The quantitative estimate of drug-likeness (QED) is 0.673. The molecule has 0 aliphatic carbocycles. The molecule has 0 saturated heterocycles. The van der Waals surface area contributed by atoms with E-state index >= 15 is 0 Å². The predicted molar refractivity (Wildman–Crippen MR) is 44.5 cm³/mol. The van der Waals surface area contributed by atoms with Crippen LogP contribution in [0, 0.1) is 0 Å². The molecule has 0 bridgehead atoms. The van der Waals surface area contributed by atoms with Gasteiger partial charge in [0.05, 0.1) is 24.2 Å². The first-order chi connectivity index (χ1) is 5.72. The Hall–Kier alpha value is -1.42. The zero-order valence-electron chi connectivity index (χ0n) is 6.74. The maximum absolute atomic E-state index is 10.6. The molecular formula is C8H10N2O2. The summed E-state index contributed by atoms with van der Waals surface area (Å²) in [5.74, 6) is -0.131. The number of hydrogen-bond acceptors (Lipinski definition) is 3. The molecule has 1 aromatic rings. The average Bonchev–Trinajstić information content (AvgIpc) is 2.05. The van der Waals surface area contributed by atoms with Gasteiger partial charge < -0.3 is 10.4 Å². The summed E-state index contributed by atoms with van der Waals surface area (Å²) < 4.78 is 0. The van der Waals surface area contributed by atoms with Crippen LogP contribution < -0.4 is 5.32 Å². The lowest BCUT2D eigenvalue weighted by Crippen LogP contribution is -2.06. The summed E-state index contributed by atoms with van der Waals surface area (Å²) in [4.78, 5) is 14.5. The van der Waals surface area contributed by atoms with Gasteiger partial charge in [0.2, 0.25) is 5.91 Å². The van der Waals surface area contributed by atoms with Crippen LogP contribution in [0.15, 0.2) is 18.3 Å². The lowest BCUT2D eigenvalue weighted by Gasteiger charge is -2.00. The van der Waals surface area contributed by atoms with Gasteiger partial charge in [-0.15, -0.1) is 0 Å². The molecule has 1 heterocycles. The van der Waals surface area contributed by atoms with E-state index in [0.717, 1.165) is 0 Å². The van der Waals surface area contributed by atoms with Gasteiger partial charge in [0.15, 0.2) is 0 Å². The molecule has 1 aromatic heterocycles. The van der Waals surface area contributed by atoms with E-state index in [-0.39, 0.29) is 12.5 Å². The normalized spacial score (nSPS) is 9.50. The fourth-order valence-corrected chi connectivity index (χ4v) is 0.795. The summed E-state index contributed by atoms with van der Waals surface area (Å²) in [7, 11) is 0. The standard InChI is InChI=1S/C8H10N2O2/c1-6(12)10-7-2-3-8(5-11)9-4-7/h2-4,11H,5H2,1H3,(H,10,12). The SMILES string of the molecule is CC(=O)Nc1ccc(CO)nc1. The van der Waals surface area contributed by atoms with E-state index in [1.165, 1.54) is 13.1 Å². The molecule has 0 atom stereocenters. The number of rotatable bonds is 2. The Morgan fingerprint density at radius 3 is 2.83 bits per heavy atom. The van der Waals surface area contributed by atoms with E-state index < -0.39 is 0 Å². The molecule has 0 aliphatic rings. The molecule has 0 aliphatic heterocycles. The van der Waals surface area contributed by atoms with Crippen LogP contribution in [0.1, 0.15) is 12.6 Å². The molecule has 0 unspecified atom stereocenters. The van der Waals surface area contributed by atoms with E-state index in [2.05, 4.69) is 10.3 Å². The predicted octanol–water partition coefficient (Wildman–Crippen LogP) is 0.532. The number of hydrogen-bond donors (Lipinski definition) is 2. The van der Waals surface area contributed by atoms with Gasteiger partial charge in [0.1, 0.15) is 0 Å². The molecule has 0 spiro atoms. The number of pyridine rings is 1. The molecule has 2 N–H and O–H groups in total. The largest absolute Gasteiger partial charge is 0.390 e. The third-order valence-corrected chi connectivity index (χ3v) is 1.31. The topological polar surface area (TPSA) is 62.2 Å². The van der Waals surface area contributed by atoms with Crippen molar-refractivity contribution in [3.05, 3.63) is 24.0 Å². The van der Waals surface area contributed by atoms with Crippen molar-refractivity contribution in [3.8, 4) is 0 Å². The zero-order chi connectivity index (χ0) is 8.97. The van der Waals surface area contributed by atoms with Crippen molar-refractivity contribution in [2.24, 2.45) is 0 Å². The van der Waals surface area contributed by atoms with Gasteiger partial charge in [-0.3, -0.25) is 9.78 Å². The summed E-state index contributed by atoms with van der Waals surface area (Å²) in [6, 6.07) is 3.35. The van der Waals surface area contributed by atoms with Crippen LogP contribution in [-0.4, -0.2) is 16.0 Å². The third kappa shape index (κ3) is 2.32. The molecule has 4 heteroatoms. The van der Waals surface area contributed by atoms with Gasteiger partial charge in [-0.05, 0) is 12.1 Å². The maximum atomic E-state index is 10.6. The zero-order valence-corrected chi connectivity index (χ0v) is 6.74. The van der Waals surface area contributed by atoms with Crippen molar-refractivity contribution < 1.29 is 9.90 Å². The summed E-state index contributed by atoms with van der Waals surface area (Å²) in [5.41, 5.74) is 1.23. The molecule has 0 radical (unpaired) electrons. The van der Waals surface area contributed by atoms with E-state index in [9.17, 15) is 4.79 Å². The fraction of sp³-hybridized carbons (Fsp3) is 0.250. The lowest BCUT2D eigenvalue weighted by atomic mass is 10.3. The Bertz CT molecular complexity index is 269. The van der Waals surface area contributed by atoms with Crippen LogP contribution in [0.2, 0.25) is 0 Å². The lowest BCUT2D eigenvalue weighted by molar-refractivity contribution is -0.114. The smallest absolute Gasteiger partial charge is 0.221 e. The van der Waals surface area contributed by atoms with Crippen LogP contribution >= 0.6 is 0 Å². The van der Waals surface area contributed by atoms with Crippen molar-refractivity contribution in [1.82, 2.24) is 4.98 Å². The Kier molecular flexibility index (Phi) is 2.76. The monoisotopic (exact) mass is 166 g/mol. The second-order valence-corrected chi connectivity index (χ2v) is 2.38. The number of nitrogens with one attached hydrogen (secondary N) is 1. The van der Waals surface area contributed by atoms with Crippen LogP contribution in [-0.2, 0) is 11.4 Å². The minimum absolute atomic E-state index is 0.0830. The molecular weight excluding hydrogens is 156 g/mol. The van der Waals surface area contributed by atoms with Crippen LogP contribution in [0.3, 0.4) is 0 Å². The Morgan fingerprint density at radius 2 is 2.42 bits per heavy atom. The molecule has 1 amide bonds. The minimum atomic E-state index is -0.131. The second-order valence-electron chi connectivity index (χ2n) is 2.38. The van der Waals surface area contributed by atoms with E-state index in [1.54, 1.807) is 12.1 Å². The van der Waals surface area contributed by atoms with Gasteiger partial charge >= 0.3 is 0 Å². The fourth-order valence-electron chi connectivity index (χ4n) is 0.795. The molecule has 1 rings (SSSR count). The van der Waals surface area contributed by atoms with Crippen LogP contribution in [0.25, 0.3) is 0 Å². The molecule has 0 saturated carbocycles. The highest BCUT2D eigenvalue weighted by Crippen LogP contribution is 2.05. The summed E-state index contributed by atoms with van der Waals surface area (Å²) >= 11 is 0. The number of carbonyl (C=O) groups is 1. The molecule has 0 aromatic carbocycles. The Morgan fingerprint density at radius 1 is 1.67 bits per heavy atom. The number of carbonyl (C=O) groups excluding carboxylic acids is 1. The van der Waals surface area contributed by atoms with Gasteiger partial charge in [-0.2, -0.15) is 0 Å². The van der Waals surface area contributed by atoms with Gasteiger partial charge in [0.25, 0.3) is 0 Å². The highest BCUT2D eigenvalue weighted by molar-refractivity contribution is 5.88. The number of aromatic nitrogens is 1. The molecule has 12 heavy (non-hydrogen) atoms. The average molecular weight is 166 g/mol. The van der Waals surface area contributed by atoms with E-state index in [0.29, 0.717) is 11.4 Å². The first-order valence-corrected chi connectivity index (χ1v) is 3.56. The van der Waals surface area contributed by atoms with Gasteiger partial charge in [-0.1, -0.05) is 0 Å². The second kappa shape index (κ2) is 3.82. The number of aliphatic hydroxyl groups is 1. The van der Waals surface area contributed by atoms with E-state index in [1.807, 2.05) is 0 Å². The first kappa shape index (κ1) is 8.67. The highest BCUT2D eigenvalue weighted by Gasteiger charge is 1.95. The van der Waals surface area contributed by atoms with Crippen molar-refractivity contribution >= 4 is 11.6 Å². The third-order valence-electron chi connectivity index (χ3n) is 1.31. The van der Waals surface area contributed by atoms with Crippen molar-refractivity contribution in [1.29, 1.82) is 0 Å². The molecule has 64 valence electrons. The number of aliphatic hydroxyl groups excluding tert-OH is 1. The van der Waals surface area contributed by atoms with Crippen LogP contribution in [0.5, 0.6) is 0 Å². The van der Waals surface area contributed by atoms with E-state index in [4.69, 9.17) is 5.11 Å². The maximum Gasteiger partial charge on any atom is 0.221 e. The van der Waals surface area contributed by atoms with Crippen LogP contribution in [0.4, 0.5) is 5.69 Å².